The monoisotopic (exact) mass is 1130 g/mol. The van der Waals surface area contributed by atoms with Crippen LogP contribution in [-0.4, -0.2) is 45.1 Å². The summed E-state index contributed by atoms with van der Waals surface area (Å²) in [5.74, 6) is -0.288. The van der Waals surface area contributed by atoms with E-state index in [4.69, 9.17) is 21.7 Å². The van der Waals surface area contributed by atoms with Crippen molar-refractivity contribution < 1.29 is 29.8 Å². The topological polar surface area (TPSA) is 251 Å². The zero-order chi connectivity index (χ0) is 60.3. The first-order valence-corrected chi connectivity index (χ1v) is 30.1. The largest absolute Gasteiger partial charge is 0.400 e. The Hall–Kier alpha value is -7.49. The molecule has 1 amide bonds. The first kappa shape index (κ1) is 66.3. The molecule has 6 aliphatic carbocycles. The fourth-order valence-electron chi connectivity index (χ4n) is 12.2. The minimum atomic E-state index is -0.393. The third kappa shape index (κ3) is 19.3. The highest BCUT2D eigenvalue weighted by Gasteiger charge is 2.26. The number of aliphatic hydroxyl groups excluding tert-OH is 2. The van der Waals surface area contributed by atoms with E-state index in [-0.39, 0.29) is 27.1 Å². The summed E-state index contributed by atoms with van der Waals surface area (Å²) in [5.41, 5.74) is 32.5. The molecule has 0 unspecified atom stereocenters. The molecule has 0 spiro atoms. The summed E-state index contributed by atoms with van der Waals surface area (Å²) in [6.07, 6.45) is 29.6. The zero-order valence-electron chi connectivity index (χ0n) is 49.9. The summed E-state index contributed by atoms with van der Waals surface area (Å²) in [4.78, 5) is 42.8. The second kappa shape index (κ2) is 34.8. The van der Waals surface area contributed by atoms with E-state index in [1.807, 2.05) is 31.2 Å². The second-order valence-corrected chi connectivity index (χ2v) is 21.7. The SMILES string of the molecule is CC(=O)Nc1ccc2c(c1[N+](=O)[O-])CCCC2.CCc1ccc2c(c1N)CCCC2.CCc1ccc2c(c1[N+](=O)[O-])CCCC2.CO.CO.Nc1ccc2c(c1)CCCC2.O=[N+]([O-])c1ccc2c(c1)CCCC2.c1ccc2c(c1)CCCC2. The van der Waals surface area contributed by atoms with Crippen molar-refractivity contribution in [3.63, 3.8) is 0 Å². The summed E-state index contributed by atoms with van der Waals surface area (Å²) in [5, 5.41) is 49.2. The number of nitrogens with zero attached hydrogens (tertiary/aromatic N) is 3. The third-order valence-corrected chi connectivity index (χ3v) is 16.4. The molecule has 6 aromatic carbocycles. The molecule has 0 bridgehead atoms. The number of hydrogen-bond donors (Lipinski definition) is 5. The van der Waals surface area contributed by atoms with Gasteiger partial charge < -0.3 is 27.0 Å². The van der Waals surface area contributed by atoms with Crippen LogP contribution in [0.2, 0.25) is 0 Å². The van der Waals surface area contributed by atoms with E-state index in [0.717, 1.165) is 131 Å². The number of benzene rings is 6. The Morgan fingerprint density at radius 3 is 1.25 bits per heavy atom. The lowest BCUT2D eigenvalue weighted by molar-refractivity contribution is -0.386. The lowest BCUT2D eigenvalue weighted by Gasteiger charge is -2.19. The number of carbonyl (C=O) groups excluding carboxylic acids is 1. The van der Waals surface area contributed by atoms with Gasteiger partial charge in [-0.1, -0.05) is 80.6 Å². The van der Waals surface area contributed by atoms with E-state index in [1.165, 1.54) is 135 Å². The van der Waals surface area contributed by atoms with Gasteiger partial charge in [0.1, 0.15) is 5.69 Å². The van der Waals surface area contributed by atoms with E-state index in [2.05, 4.69) is 66.8 Å². The summed E-state index contributed by atoms with van der Waals surface area (Å²) < 4.78 is 0. The number of fused-ring (bicyclic) bond motifs is 6. The van der Waals surface area contributed by atoms with Crippen molar-refractivity contribution in [3.05, 3.63) is 205 Å². The molecule has 6 aromatic rings. The van der Waals surface area contributed by atoms with Crippen LogP contribution in [0.3, 0.4) is 0 Å². The number of aryl methyl sites for hydroxylation is 11. The molecular weight excluding hydrogens is 1040 g/mol. The van der Waals surface area contributed by atoms with Gasteiger partial charge in [-0.25, -0.2) is 0 Å². The number of aliphatic hydroxyl groups is 2. The Kier molecular flexibility index (Phi) is 27.8. The molecule has 15 heteroatoms. The molecule has 12 rings (SSSR count). The molecule has 0 aliphatic heterocycles. The molecular formula is C68H90N6O9. The van der Waals surface area contributed by atoms with Crippen molar-refractivity contribution in [2.24, 2.45) is 0 Å². The van der Waals surface area contributed by atoms with Crippen molar-refractivity contribution in [2.75, 3.05) is 31.0 Å². The standard InChI is InChI=1S/C12H14N2O3.C12H15NO2.C12H17N.C10H11NO2.C10H13N.C10H12.2CH4O/c1-8(15)13-11-7-6-9-4-2-3-5-10(9)12(11)14(16)17;1-2-9-7-8-10-5-3-4-6-11(10)12(9)13(14)15;1-2-9-7-8-10-5-3-4-6-11(10)12(9)13;12-11(13)10-6-5-8-3-1-2-4-9(8)7-10;11-10-6-5-8-3-1-2-4-9(8)7-10;1-2-6-10-8-4-3-7-9(10)5-1;2*1-2/h6-7H,2-5H2,1H3,(H,13,15);7-8H,2-6H2,1H3;7-8H,2-6,13H2,1H3;5-7H,1-4H2;5-7H,1-4,11H2;1-2,5-6H,3-4,7-8H2;2*2H,1H3. The van der Waals surface area contributed by atoms with Gasteiger partial charge in [0, 0.05) is 61.3 Å². The Labute approximate surface area is 491 Å². The van der Waals surface area contributed by atoms with Crippen LogP contribution < -0.4 is 16.8 Å². The van der Waals surface area contributed by atoms with Gasteiger partial charge in [0.05, 0.1) is 14.8 Å². The van der Waals surface area contributed by atoms with Crippen LogP contribution in [0.5, 0.6) is 0 Å². The van der Waals surface area contributed by atoms with Crippen LogP contribution in [0, 0.1) is 30.3 Å². The lowest BCUT2D eigenvalue weighted by Crippen LogP contribution is -2.12. The van der Waals surface area contributed by atoms with Crippen molar-refractivity contribution in [1.82, 2.24) is 0 Å². The van der Waals surface area contributed by atoms with E-state index >= 15 is 0 Å². The van der Waals surface area contributed by atoms with Gasteiger partial charge in [0.25, 0.3) is 17.1 Å². The van der Waals surface area contributed by atoms with Crippen LogP contribution in [0.4, 0.5) is 34.1 Å². The average Bonchev–Trinajstić information content (AvgIpc) is 3.63. The Bertz CT molecular complexity index is 3080. The second-order valence-electron chi connectivity index (χ2n) is 21.7. The van der Waals surface area contributed by atoms with Crippen molar-refractivity contribution in [2.45, 2.75) is 188 Å². The molecule has 7 N–H and O–H groups in total. The minimum Gasteiger partial charge on any atom is -0.400 e. The van der Waals surface area contributed by atoms with E-state index in [0.29, 0.717) is 11.4 Å². The lowest BCUT2D eigenvalue weighted by atomic mass is 9.88. The molecule has 446 valence electrons. The maximum atomic E-state index is 11.1. The minimum absolute atomic E-state index is 0.0670. The molecule has 0 fully saturated rings. The third-order valence-electron chi connectivity index (χ3n) is 16.4. The predicted molar refractivity (Wildman–Crippen MR) is 337 cm³/mol. The Morgan fingerprint density at radius 1 is 0.434 bits per heavy atom. The Morgan fingerprint density at radius 2 is 0.795 bits per heavy atom. The van der Waals surface area contributed by atoms with Gasteiger partial charge in [0.2, 0.25) is 5.91 Å². The molecule has 0 aromatic heterocycles. The fourth-order valence-corrected chi connectivity index (χ4v) is 12.2. The summed E-state index contributed by atoms with van der Waals surface area (Å²) in [7, 11) is 2.00. The zero-order valence-corrected chi connectivity index (χ0v) is 49.9. The van der Waals surface area contributed by atoms with Gasteiger partial charge in [-0.3, -0.25) is 35.1 Å². The highest BCUT2D eigenvalue weighted by molar-refractivity contribution is 5.92. The first-order chi connectivity index (χ1) is 40.3. The highest BCUT2D eigenvalue weighted by Crippen LogP contribution is 2.37. The van der Waals surface area contributed by atoms with E-state index in [1.54, 1.807) is 29.3 Å². The van der Waals surface area contributed by atoms with Crippen LogP contribution >= 0.6 is 0 Å². The first-order valence-electron chi connectivity index (χ1n) is 30.1. The normalized spacial score (nSPS) is 14.5. The molecule has 0 radical (unpaired) electrons. The number of nitro benzene ring substituents is 3. The number of anilines is 3. The van der Waals surface area contributed by atoms with Gasteiger partial charge in [0.15, 0.2) is 0 Å². The van der Waals surface area contributed by atoms with Crippen molar-refractivity contribution in [1.29, 1.82) is 0 Å². The number of nitrogens with one attached hydrogen (secondary N) is 1. The highest BCUT2D eigenvalue weighted by atomic mass is 16.6. The molecule has 15 nitrogen and oxygen atoms in total. The number of hydrogen-bond acceptors (Lipinski definition) is 11. The molecule has 83 heavy (non-hydrogen) atoms. The quantitative estimate of drug-likeness (QED) is 0.0596. The van der Waals surface area contributed by atoms with Gasteiger partial charge in [-0.2, -0.15) is 0 Å². The molecule has 0 saturated heterocycles. The summed E-state index contributed by atoms with van der Waals surface area (Å²) in [6.45, 7) is 5.49. The number of carbonyl (C=O) groups is 1. The number of nitro groups is 3. The summed E-state index contributed by atoms with van der Waals surface area (Å²) in [6, 6.07) is 32.3. The average molecular weight is 1140 g/mol. The molecule has 6 aliphatic rings. The summed E-state index contributed by atoms with van der Waals surface area (Å²) >= 11 is 0. The maximum absolute atomic E-state index is 11.1. The van der Waals surface area contributed by atoms with E-state index in [9.17, 15) is 35.1 Å². The van der Waals surface area contributed by atoms with Crippen molar-refractivity contribution in [3.8, 4) is 0 Å². The predicted octanol–water partition coefficient (Wildman–Crippen LogP) is 14.6. The van der Waals surface area contributed by atoms with Crippen molar-refractivity contribution >= 4 is 40.0 Å². The van der Waals surface area contributed by atoms with Crippen LogP contribution in [0.1, 0.15) is 176 Å². The van der Waals surface area contributed by atoms with Gasteiger partial charge in [-0.05, 0) is 246 Å². The fraction of sp³-hybridized carbons (Fsp3) is 0.456. The van der Waals surface area contributed by atoms with E-state index < -0.39 is 4.92 Å². The molecule has 0 atom stereocenters. The number of non-ortho nitro benzene ring substituents is 1. The molecule has 0 heterocycles. The van der Waals surface area contributed by atoms with Gasteiger partial charge in [-0.15, -0.1) is 0 Å². The van der Waals surface area contributed by atoms with Crippen LogP contribution in [0.15, 0.2) is 97.1 Å². The smallest absolute Gasteiger partial charge is 0.296 e. The van der Waals surface area contributed by atoms with Gasteiger partial charge >= 0.3 is 0 Å². The molecule has 0 saturated carbocycles. The number of nitrogen functional groups attached to an aromatic ring is 2. The maximum Gasteiger partial charge on any atom is 0.296 e. The van der Waals surface area contributed by atoms with Crippen LogP contribution in [-0.2, 0) is 94.7 Å². The number of nitrogens with two attached hydrogens (primary N) is 2. The van der Waals surface area contributed by atoms with Crippen LogP contribution in [0.25, 0.3) is 0 Å². The Balaban J connectivity index is 0.000000181. The number of amides is 1. The number of rotatable bonds is 6.